The molecule has 0 unspecified atom stereocenters. The summed E-state index contributed by atoms with van der Waals surface area (Å²) in [6.45, 7) is -0.128. The second-order valence-corrected chi connectivity index (χ2v) is 5.11. The van der Waals surface area contributed by atoms with Gasteiger partial charge in [-0.25, -0.2) is 0 Å². The molecule has 1 fully saturated rings. The molecule has 0 aromatic heterocycles. The molecule has 21 heavy (non-hydrogen) atoms. The quantitative estimate of drug-likeness (QED) is 0.631. The molecular formula is C14H18N2O5. The van der Waals surface area contributed by atoms with E-state index in [1.54, 1.807) is 0 Å². The Morgan fingerprint density at radius 3 is 2.48 bits per heavy atom. The molecule has 0 spiro atoms. The number of non-ortho nitro benzene ring substituents is 1. The van der Waals surface area contributed by atoms with Gasteiger partial charge < -0.3 is 15.2 Å². The van der Waals surface area contributed by atoms with Gasteiger partial charge in [0.15, 0.2) is 6.61 Å². The lowest BCUT2D eigenvalue weighted by Gasteiger charge is -2.26. The number of nitro benzene ring substituents is 1. The van der Waals surface area contributed by atoms with Crippen LogP contribution in [0.3, 0.4) is 0 Å². The van der Waals surface area contributed by atoms with Gasteiger partial charge in [0.1, 0.15) is 5.75 Å². The van der Waals surface area contributed by atoms with Gasteiger partial charge in [0.25, 0.3) is 11.6 Å². The number of carbonyl (C=O) groups is 1. The van der Waals surface area contributed by atoms with Gasteiger partial charge in [-0.3, -0.25) is 14.9 Å². The summed E-state index contributed by atoms with van der Waals surface area (Å²) in [5.41, 5.74) is -0.0208. The van der Waals surface area contributed by atoms with Gasteiger partial charge in [-0.15, -0.1) is 0 Å². The van der Waals surface area contributed by atoms with Crippen LogP contribution in [0.2, 0.25) is 0 Å². The molecule has 1 amide bonds. The van der Waals surface area contributed by atoms with E-state index in [1.165, 1.54) is 24.3 Å². The number of hydrogen-bond donors (Lipinski definition) is 2. The SMILES string of the molecule is O=C(COc1ccc([N+](=O)[O-])cc1)NC1CCC(O)CC1. The number of carbonyl (C=O) groups excluding carboxylic acids is 1. The highest BCUT2D eigenvalue weighted by atomic mass is 16.6. The number of benzene rings is 1. The Bertz CT molecular complexity index is 495. The molecule has 1 aliphatic rings. The van der Waals surface area contributed by atoms with Gasteiger partial charge in [0.2, 0.25) is 0 Å². The Hall–Kier alpha value is -2.15. The third kappa shape index (κ3) is 4.71. The summed E-state index contributed by atoms with van der Waals surface area (Å²) in [5.74, 6) is 0.185. The van der Waals surface area contributed by atoms with E-state index >= 15 is 0 Å². The predicted molar refractivity (Wildman–Crippen MR) is 75.0 cm³/mol. The lowest BCUT2D eigenvalue weighted by molar-refractivity contribution is -0.384. The van der Waals surface area contributed by atoms with Crippen LogP contribution in [0.4, 0.5) is 5.69 Å². The summed E-state index contributed by atoms with van der Waals surface area (Å²) in [5, 5.41) is 22.8. The average Bonchev–Trinajstić information content (AvgIpc) is 2.48. The minimum absolute atomic E-state index is 0.0208. The molecule has 1 saturated carbocycles. The van der Waals surface area contributed by atoms with E-state index < -0.39 is 4.92 Å². The molecule has 114 valence electrons. The van der Waals surface area contributed by atoms with Crippen LogP contribution >= 0.6 is 0 Å². The van der Waals surface area contributed by atoms with Gasteiger partial charge in [-0.2, -0.15) is 0 Å². The maximum absolute atomic E-state index is 11.7. The van der Waals surface area contributed by atoms with Crippen molar-refractivity contribution in [2.75, 3.05) is 6.61 Å². The number of nitrogens with zero attached hydrogens (tertiary/aromatic N) is 1. The number of hydrogen-bond acceptors (Lipinski definition) is 5. The number of aliphatic hydroxyl groups excluding tert-OH is 1. The van der Waals surface area contributed by atoms with Gasteiger partial charge in [-0.1, -0.05) is 0 Å². The summed E-state index contributed by atoms with van der Waals surface area (Å²) in [4.78, 5) is 21.7. The van der Waals surface area contributed by atoms with Crippen molar-refractivity contribution in [3.63, 3.8) is 0 Å². The van der Waals surface area contributed by atoms with E-state index in [2.05, 4.69) is 5.32 Å². The number of amides is 1. The molecule has 0 saturated heterocycles. The Morgan fingerprint density at radius 2 is 1.90 bits per heavy atom. The zero-order valence-electron chi connectivity index (χ0n) is 11.5. The topological polar surface area (TPSA) is 102 Å². The first-order valence-electron chi connectivity index (χ1n) is 6.89. The van der Waals surface area contributed by atoms with E-state index in [9.17, 15) is 20.0 Å². The zero-order chi connectivity index (χ0) is 15.2. The maximum atomic E-state index is 11.7. The average molecular weight is 294 g/mol. The van der Waals surface area contributed by atoms with Crippen molar-refractivity contribution in [1.29, 1.82) is 0 Å². The van der Waals surface area contributed by atoms with Crippen molar-refractivity contribution in [3.05, 3.63) is 34.4 Å². The van der Waals surface area contributed by atoms with Crippen LogP contribution in [-0.4, -0.2) is 34.7 Å². The van der Waals surface area contributed by atoms with Crippen molar-refractivity contribution >= 4 is 11.6 Å². The molecule has 7 nitrogen and oxygen atoms in total. The van der Waals surface area contributed by atoms with E-state index in [0.29, 0.717) is 18.6 Å². The van der Waals surface area contributed by atoms with Crippen LogP contribution in [0, 0.1) is 10.1 Å². The van der Waals surface area contributed by atoms with E-state index in [0.717, 1.165) is 12.8 Å². The minimum atomic E-state index is -0.492. The van der Waals surface area contributed by atoms with Crippen molar-refractivity contribution in [3.8, 4) is 5.75 Å². The Morgan fingerprint density at radius 1 is 1.29 bits per heavy atom. The normalized spacial score (nSPS) is 21.6. The fourth-order valence-corrected chi connectivity index (χ4v) is 2.30. The van der Waals surface area contributed by atoms with Crippen molar-refractivity contribution in [1.82, 2.24) is 5.32 Å². The lowest BCUT2D eigenvalue weighted by atomic mass is 9.93. The molecule has 1 aromatic carbocycles. The van der Waals surface area contributed by atoms with Crippen LogP contribution in [-0.2, 0) is 4.79 Å². The first-order valence-corrected chi connectivity index (χ1v) is 6.89. The highest BCUT2D eigenvalue weighted by Crippen LogP contribution is 2.19. The van der Waals surface area contributed by atoms with Crippen LogP contribution in [0.15, 0.2) is 24.3 Å². The fourth-order valence-electron chi connectivity index (χ4n) is 2.30. The first kappa shape index (κ1) is 15.2. The van der Waals surface area contributed by atoms with Crippen LogP contribution in [0.5, 0.6) is 5.75 Å². The molecule has 0 heterocycles. The van der Waals surface area contributed by atoms with Crippen LogP contribution in [0.25, 0.3) is 0 Å². The number of rotatable bonds is 5. The number of ether oxygens (including phenoxy) is 1. The Kier molecular flexibility index (Phi) is 5.10. The Labute approximate surface area is 122 Å². The third-order valence-electron chi connectivity index (χ3n) is 3.48. The van der Waals surface area contributed by atoms with Gasteiger partial charge >= 0.3 is 0 Å². The second-order valence-electron chi connectivity index (χ2n) is 5.11. The summed E-state index contributed by atoms with van der Waals surface area (Å²) >= 11 is 0. The van der Waals surface area contributed by atoms with Crippen molar-refractivity contribution in [2.24, 2.45) is 0 Å². The molecule has 2 N–H and O–H groups in total. The number of nitrogens with one attached hydrogen (secondary N) is 1. The molecule has 2 rings (SSSR count). The molecule has 7 heteroatoms. The van der Waals surface area contributed by atoms with Gasteiger partial charge in [-0.05, 0) is 37.8 Å². The molecule has 0 aliphatic heterocycles. The molecule has 0 radical (unpaired) electrons. The number of nitro groups is 1. The molecule has 0 atom stereocenters. The van der Waals surface area contributed by atoms with Crippen molar-refractivity contribution in [2.45, 2.75) is 37.8 Å². The summed E-state index contributed by atoms with van der Waals surface area (Å²) < 4.78 is 5.28. The fraction of sp³-hybridized carbons (Fsp3) is 0.500. The highest BCUT2D eigenvalue weighted by molar-refractivity contribution is 5.77. The first-order chi connectivity index (χ1) is 10.0. The van der Waals surface area contributed by atoms with E-state index in [1.807, 2.05) is 0 Å². The second kappa shape index (κ2) is 7.03. The predicted octanol–water partition coefficient (Wildman–Crippen LogP) is 1.39. The highest BCUT2D eigenvalue weighted by Gasteiger charge is 2.20. The van der Waals surface area contributed by atoms with Gasteiger partial charge in [0, 0.05) is 18.2 Å². The van der Waals surface area contributed by atoms with Gasteiger partial charge in [0.05, 0.1) is 11.0 Å². The van der Waals surface area contributed by atoms with E-state index in [-0.39, 0.29) is 30.3 Å². The maximum Gasteiger partial charge on any atom is 0.269 e. The third-order valence-corrected chi connectivity index (χ3v) is 3.48. The molecular weight excluding hydrogens is 276 g/mol. The smallest absolute Gasteiger partial charge is 0.269 e. The summed E-state index contributed by atoms with van der Waals surface area (Å²) in [6.07, 6.45) is 2.69. The monoisotopic (exact) mass is 294 g/mol. The molecule has 1 aromatic rings. The van der Waals surface area contributed by atoms with Crippen LogP contribution < -0.4 is 10.1 Å². The largest absolute Gasteiger partial charge is 0.484 e. The van der Waals surface area contributed by atoms with E-state index in [4.69, 9.17) is 4.74 Å². The number of aliphatic hydroxyl groups is 1. The lowest BCUT2D eigenvalue weighted by Crippen LogP contribution is -2.40. The standard InChI is InChI=1S/C14H18N2O5/c17-12-5-1-10(2-6-12)15-14(18)9-21-13-7-3-11(4-8-13)16(19)20/h3-4,7-8,10,12,17H,1-2,5-6,9H2,(H,15,18). The summed E-state index contributed by atoms with van der Waals surface area (Å²) in [6, 6.07) is 5.66. The zero-order valence-corrected chi connectivity index (χ0v) is 11.5. The van der Waals surface area contributed by atoms with Crippen molar-refractivity contribution < 1.29 is 19.6 Å². The minimum Gasteiger partial charge on any atom is -0.484 e. The summed E-state index contributed by atoms with van der Waals surface area (Å²) in [7, 11) is 0. The molecule has 0 bridgehead atoms. The Balaban J connectivity index is 1.74. The van der Waals surface area contributed by atoms with Crippen LogP contribution in [0.1, 0.15) is 25.7 Å². The molecule has 1 aliphatic carbocycles.